The van der Waals surface area contributed by atoms with Crippen molar-refractivity contribution in [3.05, 3.63) is 42.1 Å². The first-order chi connectivity index (χ1) is 10.2. The van der Waals surface area contributed by atoms with E-state index in [1.807, 2.05) is 12.3 Å². The smallest absolute Gasteiger partial charge is 0.0705 e. The fourth-order valence-corrected chi connectivity index (χ4v) is 3.18. The maximum Gasteiger partial charge on any atom is 0.0705 e. The number of pyridine rings is 1. The Morgan fingerprint density at radius 1 is 1.19 bits per heavy atom. The molecule has 2 heterocycles. The number of hydrogen-bond acceptors (Lipinski definition) is 3. The molecule has 0 spiro atoms. The average molecular weight is 283 g/mol. The van der Waals surface area contributed by atoms with Crippen LogP contribution in [0.1, 0.15) is 32.3 Å². The number of nitrogens with one attached hydrogen (secondary N) is 1. The SMILES string of the molecule is CC(C)N1CCC(NCc2ccnc3ccccc23)CC1. The Morgan fingerprint density at radius 3 is 2.71 bits per heavy atom. The van der Waals surface area contributed by atoms with Crippen molar-refractivity contribution in [1.29, 1.82) is 0 Å². The van der Waals surface area contributed by atoms with Gasteiger partial charge in [-0.05, 0) is 57.5 Å². The molecule has 0 amide bonds. The van der Waals surface area contributed by atoms with Crippen molar-refractivity contribution in [3.63, 3.8) is 0 Å². The summed E-state index contributed by atoms with van der Waals surface area (Å²) in [6.45, 7) is 7.95. The molecule has 1 aromatic carbocycles. The molecule has 1 aromatic heterocycles. The van der Waals surface area contributed by atoms with Gasteiger partial charge >= 0.3 is 0 Å². The van der Waals surface area contributed by atoms with Gasteiger partial charge in [-0.15, -0.1) is 0 Å². The minimum atomic E-state index is 0.645. The number of piperidine rings is 1. The summed E-state index contributed by atoms with van der Waals surface area (Å²) < 4.78 is 0. The number of nitrogens with zero attached hydrogens (tertiary/aromatic N) is 2. The second-order valence-corrected chi connectivity index (χ2v) is 6.27. The molecule has 0 radical (unpaired) electrons. The van der Waals surface area contributed by atoms with E-state index < -0.39 is 0 Å². The molecule has 3 rings (SSSR count). The summed E-state index contributed by atoms with van der Waals surface area (Å²) in [5.74, 6) is 0. The Kier molecular flexibility index (Phi) is 4.51. The lowest BCUT2D eigenvalue weighted by molar-refractivity contribution is 0.161. The second kappa shape index (κ2) is 6.54. The summed E-state index contributed by atoms with van der Waals surface area (Å²) in [6.07, 6.45) is 4.42. The molecular formula is C18H25N3. The Labute approximate surface area is 127 Å². The minimum Gasteiger partial charge on any atom is -0.310 e. The number of para-hydroxylation sites is 1. The molecule has 3 nitrogen and oxygen atoms in total. The lowest BCUT2D eigenvalue weighted by Gasteiger charge is -2.35. The van der Waals surface area contributed by atoms with Crippen LogP contribution in [-0.2, 0) is 6.54 Å². The summed E-state index contributed by atoms with van der Waals surface area (Å²) in [4.78, 5) is 7.00. The molecule has 21 heavy (non-hydrogen) atoms. The Hall–Kier alpha value is -1.45. The van der Waals surface area contributed by atoms with Gasteiger partial charge in [0.1, 0.15) is 0 Å². The lowest BCUT2D eigenvalue weighted by Crippen LogP contribution is -2.44. The van der Waals surface area contributed by atoms with Gasteiger partial charge in [0.25, 0.3) is 0 Å². The molecule has 3 heteroatoms. The molecule has 0 unspecified atom stereocenters. The maximum absolute atomic E-state index is 4.43. The molecule has 1 aliphatic rings. The topological polar surface area (TPSA) is 28.2 Å². The highest BCUT2D eigenvalue weighted by Crippen LogP contribution is 2.18. The third kappa shape index (κ3) is 3.42. The van der Waals surface area contributed by atoms with Crippen LogP contribution in [0.2, 0.25) is 0 Å². The summed E-state index contributed by atoms with van der Waals surface area (Å²) in [7, 11) is 0. The van der Waals surface area contributed by atoms with Crippen LogP contribution in [0, 0.1) is 0 Å². The fraction of sp³-hybridized carbons (Fsp3) is 0.500. The molecule has 1 aliphatic heterocycles. The van der Waals surface area contributed by atoms with Crippen LogP contribution in [0.4, 0.5) is 0 Å². The van der Waals surface area contributed by atoms with E-state index in [-0.39, 0.29) is 0 Å². The van der Waals surface area contributed by atoms with Crippen LogP contribution >= 0.6 is 0 Å². The quantitative estimate of drug-likeness (QED) is 0.934. The normalized spacial score (nSPS) is 17.7. The molecule has 2 aromatic rings. The molecule has 1 fully saturated rings. The standard InChI is InChI=1S/C18H25N3/c1-14(2)21-11-8-16(9-12-21)20-13-15-7-10-19-18-6-4-3-5-17(15)18/h3-7,10,14,16,20H,8-9,11-13H2,1-2H3. The van der Waals surface area contributed by atoms with E-state index in [0.29, 0.717) is 12.1 Å². The van der Waals surface area contributed by atoms with Crippen LogP contribution in [0.3, 0.4) is 0 Å². The number of hydrogen-bond donors (Lipinski definition) is 1. The molecule has 1 N–H and O–H groups in total. The van der Waals surface area contributed by atoms with Gasteiger partial charge in [-0.2, -0.15) is 0 Å². The predicted octanol–water partition coefficient (Wildman–Crippen LogP) is 3.20. The van der Waals surface area contributed by atoms with Gasteiger partial charge in [0.2, 0.25) is 0 Å². The minimum absolute atomic E-state index is 0.645. The van der Waals surface area contributed by atoms with Gasteiger partial charge in [0.05, 0.1) is 5.52 Å². The first-order valence-corrected chi connectivity index (χ1v) is 8.04. The van der Waals surface area contributed by atoms with Crippen LogP contribution in [0.15, 0.2) is 36.5 Å². The van der Waals surface area contributed by atoms with Gasteiger partial charge < -0.3 is 10.2 Å². The molecule has 1 saturated heterocycles. The summed E-state index contributed by atoms with van der Waals surface area (Å²) in [5.41, 5.74) is 2.44. The van der Waals surface area contributed by atoms with Crippen molar-refractivity contribution in [2.75, 3.05) is 13.1 Å². The van der Waals surface area contributed by atoms with Gasteiger partial charge in [0, 0.05) is 30.2 Å². The second-order valence-electron chi connectivity index (χ2n) is 6.27. The number of benzene rings is 1. The average Bonchev–Trinajstić information content (AvgIpc) is 2.53. The molecule has 0 aliphatic carbocycles. The fourth-order valence-electron chi connectivity index (χ4n) is 3.18. The van der Waals surface area contributed by atoms with Gasteiger partial charge in [0.15, 0.2) is 0 Å². The van der Waals surface area contributed by atoms with Crippen molar-refractivity contribution < 1.29 is 0 Å². The number of aromatic nitrogens is 1. The highest BCUT2D eigenvalue weighted by molar-refractivity contribution is 5.81. The summed E-state index contributed by atoms with van der Waals surface area (Å²) >= 11 is 0. The van der Waals surface area contributed by atoms with Gasteiger partial charge in [-0.25, -0.2) is 0 Å². The van der Waals surface area contributed by atoms with Gasteiger partial charge in [-0.1, -0.05) is 18.2 Å². The number of rotatable bonds is 4. The first-order valence-electron chi connectivity index (χ1n) is 8.04. The van der Waals surface area contributed by atoms with Crippen molar-refractivity contribution in [3.8, 4) is 0 Å². The Bertz CT molecular complexity index is 581. The van der Waals surface area contributed by atoms with E-state index in [1.165, 1.54) is 36.9 Å². The Morgan fingerprint density at radius 2 is 1.95 bits per heavy atom. The van der Waals surface area contributed by atoms with E-state index in [0.717, 1.165) is 12.1 Å². The maximum atomic E-state index is 4.43. The highest BCUT2D eigenvalue weighted by Gasteiger charge is 2.20. The lowest BCUT2D eigenvalue weighted by atomic mass is 10.0. The molecule has 0 atom stereocenters. The van der Waals surface area contributed by atoms with E-state index in [4.69, 9.17) is 0 Å². The third-order valence-electron chi connectivity index (χ3n) is 4.58. The van der Waals surface area contributed by atoms with Crippen LogP contribution in [0.5, 0.6) is 0 Å². The number of fused-ring (bicyclic) bond motifs is 1. The zero-order valence-corrected chi connectivity index (χ0v) is 13.0. The highest BCUT2D eigenvalue weighted by atomic mass is 15.2. The van der Waals surface area contributed by atoms with Crippen molar-refractivity contribution in [2.45, 2.75) is 45.3 Å². The number of likely N-dealkylation sites (tertiary alicyclic amines) is 1. The van der Waals surface area contributed by atoms with Gasteiger partial charge in [-0.3, -0.25) is 4.98 Å². The van der Waals surface area contributed by atoms with E-state index in [9.17, 15) is 0 Å². The first kappa shape index (κ1) is 14.5. The molecule has 0 saturated carbocycles. The summed E-state index contributed by atoms with van der Waals surface area (Å²) in [5, 5.41) is 5.01. The van der Waals surface area contributed by atoms with Crippen molar-refractivity contribution in [2.24, 2.45) is 0 Å². The van der Waals surface area contributed by atoms with Crippen molar-refractivity contribution >= 4 is 10.9 Å². The summed E-state index contributed by atoms with van der Waals surface area (Å²) in [6, 6.07) is 11.9. The Balaban J connectivity index is 1.60. The largest absolute Gasteiger partial charge is 0.310 e. The van der Waals surface area contributed by atoms with E-state index in [2.05, 4.69) is 53.3 Å². The zero-order chi connectivity index (χ0) is 14.7. The van der Waals surface area contributed by atoms with Crippen LogP contribution < -0.4 is 5.32 Å². The van der Waals surface area contributed by atoms with Crippen molar-refractivity contribution in [1.82, 2.24) is 15.2 Å². The van der Waals surface area contributed by atoms with E-state index >= 15 is 0 Å². The van der Waals surface area contributed by atoms with Crippen LogP contribution in [0.25, 0.3) is 10.9 Å². The molecular weight excluding hydrogens is 258 g/mol. The zero-order valence-electron chi connectivity index (χ0n) is 13.0. The molecule has 0 bridgehead atoms. The van der Waals surface area contributed by atoms with E-state index in [1.54, 1.807) is 0 Å². The predicted molar refractivity (Wildman–Crippen MR) is 88.3 cm³/mol. The molecule has 112 valence electrons. The monoisotopic (exact) mass is 283 g/mol. The van der Waals surface area contributed by atoms with Crippen LogP contribution in [-0.4, -0.2) is 35.1 Å². The third-order valence-corrected chi connectivity index (χ3v) is 4.58.